The molecule has 0 saturated carbocycles. The van der Waals surface area contributed by atoms with Crippen LogP contribution < -0.4 is 5.30 Å². The molecule has 1 rings (SSSR count). The highest BCUT2D eigenvalue weighted by Crippen LogP contribution is 2.23. The molecule has 0 aliphatic rings. The summed E-state index contributed by atoms with van der Waals surface area (Å²) in [6.07, 6.45) is 2.65. The third kappa shape index (κ3) is 5.05. The van der Waals surface area contributed by atoms with E-state index in [9.17, 15) is 0 Å². The minimum absolute atomic E-state index is 0.488. The minimum Gasteiger partial charge on any atom is -0.0904 e. The van der Waals surface area contributed by atoms with Crippen LogP contribution in [0.2, 0.25) is 0 Å². The predicted molar refractivity (Wildman–Crippen MR) is 63.3 cm³/mol. The lowest BCUT2D eigenvalue weighted by Gasteiger charge is -2.17. The molecule has 0 spiro atoms. The molecule has 1 atom stereocenters. The largest absolute Gasteiger partial charge is 0.0904 e. The Kier molecular flexibility index (Phi) is 3.93. The van der Waals surface area contributed by atoms with E-state index in [0.29, 0.717) is 5.41 Å². The molecular formula is C12H19P. The van der Waals surface area contributed by atoms with Crippen LogP contribution in [0.25, 0.3) is 0 Å². The van der Waals surface area contributed by atoms with Gasteiger partial charge in [-0.05, 0) is 23.3 Å². The van der Waals surface area contributed by atoms with E-state index in [0.717, 1.165) is 8.58 Å². The van der Waals surface area contributed by atoms with E-state index in [1.807, 2.05) is 0 Å². The van der Waals surface area contributed by atoms with E-state index in [1.165, 1.54) is 17.9 Å². The molecule has 1 unspecified atom stereocenters. The van der Waals surface area contributed by atoms with Crippen molar-refractivity contribution >= 4 is 13.9 Å². The topological polar surface area (TPSA) is 0 Å². The zero-order valence-corrected chi connectivity index (χ0v) is 9.80. The second-order valence-corrected chi connectivity index (χ2v) is 6.03. The van der Waals surface area contributed by atoms with Gasteiger partial charge in [0.25, 0.3) is 0 Å². The number of rotatable bonds is 3. The summed E-state index contributed by atoms with van der Waals surface area (Å²) in [5.74, 6) is 0. The summed E-state index contributed by atoms with van der Waals surface area (Å²) in [4.78, 5) is 0. The Hall–Kier alpha value is -0.350. The maximum atomic E-state index is 2.31. The zero-order valence-electron chi connectivity index (χ0n) is 8.80. The zero-order chi connectivity index (χ0) is 9.73. The van der Waals surface area contributed by atoms with Crippen LogP contribution in [-0.2, 0) is 0 Å². The molecule has 0 heterocycles. The fourth-order valence-corrected chi connectivity index (χ4v) is 2.73. The quantitative estimate of drug-likeness (QED) is 0.647. The molecule has 0 aromatic heterocycles. The Balaban J connectivity index is 2.29. The van der Waals surface area contributed by atoms with Crippen LogP contribution in [0.3, 0.4) is 0 Å². The van der Waals surface area contributed by atoms with Crippen LogP contribution in [0.4, 0.5) is 0 Å². The molecule has 0 aliphatic heterocycles. The molecule has 0 nitrogen and oxygen atoms in total. The predicted octanol–water partition coefficient (Wildman–Crippen LogP) is 3.43. The van der Waals surface area contributed by atoms with Gasteiger partial charge < -0.3 is 0 Å². The molecular weight excluding hydrogens is 175 g/mol. The lowest BCUT2D eigenvalue weighted by molar-refractivity contribution is 0.401. The monoisotopic (exact) mass is 194 g/mol. The van der Waals surface area contributed by atoms with Gasteiger partial charge in [-0.1, -0.05) is 59.7 Å². The van der Waals surface area contributed by atoms with Crippen molar-refractivity contribution in [2.24, 2.45) is 5.41 Å². The average molecular weight is 194 g/mol. The maximum Gasteiger partial charge on any atom is -0.0271 e. The molecule has 0 N–H and O–H groups in total. The second-order valence-electron chi connectivity index (χ2n) is 4.60. The summed E-state index contributed by atoms with van der Waals surface area (Å²) in [6, 6.07) is 10.8. The van der Waals surface area contributed by atoms with E-state index in [4.69, 9.17) is 0 Å². The van der Waals surface area contributed by atoms with Crippen molar-refractivity contribution in [3.8, 4) is 0 Å². The van der Waals surface area contributed by atoms with Crippen LogP contribution in [0.15, 0.2) is 30.3 Å². The number of hydrogen-bond acceptors (Lipinski definition) is 0. The van der Waals surface area contributed by atoms with E-state index >= 15 is 0 Å². The first-order valence-electron chi connectivity index (χ1n) is 4.87. The minimum atomic E-state index is 0.488. The molecule has 0 fully saturated rings. The van der Waals surface area contributed by atoms with Gasteiger partial charge in [0.2, 0.25) is 0 Å². The fourth-order valence-electron chi connectivity index (χ4n) is 1.14. The van der Waals surface area contributed by atoms with Crippen molar-refractivity contribution in [3.05, 3.63) is 30.3 Å². The molecule has 1 aromatic carbocycles. The highest BCUT2D eigenvalue weighted by molar-refractivity contribution is 7.47. The summed E-state index contributed by atoms with van der Waals surface area (Å²) in [5, 5.41) is 1.49. The molecule has 0 saturated heterocycles. The second kappa shape index (κ2) is 4.77. The van der Waals surface area contributed by atoms with Crippen molar-refractivity contribution in [3.63, 3.8) is 0 Å². The standard InChI is InChI=1S/C12H19P/c1-12(2,3)9-10-13-11-7-5-4-6-8-11/h4-8,13H,9-10H2,1-3H3. The van der Waals surface area contributed by atoms with Gasteiger partial charge >= 0.3 is 0 Å². The Labute approximate surface area is 83.5 Å². The first-order chi connectivity index (χ1) is 6.08. The van der Waals surface area contributed by atoms with Gasteiger partial charge in [0.05, 0.1) is 0 Å². The highest BCUT2D eigenvalue weighted by atomic mass is 31.1. The average Bonchev–Trinajstić information content (AvgIpc) is 2.04. The summed E-state index contributed by atoms with van der Waals surface area (Å²) in [5.41, 5.74) is 0.488. The van der Waals surface area contributed by atoms with Gasteiger partial charge in [-0.15, -0.1) is 0 Å². The lowest BCUT2D eigenvalue weighted by Crippen LogP contribution is -2.06. The molecule has 0 bridgehead atoms. The normalized spacial score (nSPS) is 12.5. The molecule has 1 heteroatoms. The molecule has 72 valence electrons. The van der Waals surface area contributed by atoms with Gasteiger partial charge in [0, 0.05) is 0 Å². The summed E-state index contributed by atoms with van der Waals surface area (Å²) < 4.78 is 0. The van der Waals surface area contributed by atoms with Gasteiger partial charge in [0.1, 0.15) is 0 Å². The summed E-state index contributed by atoms with van der Waals surface area (Å²) in [6.45, 7) is 6.92. The maximum absolute atomic E-state index is 2.31. The lowest BCUT2D eigenvalue weighted by atomic mass is 9.94. The van der Waals surface area contributed by atoms with Crippen LogP contribution in [0.5, 0.6) is 0 Å². The Morgan fingerprint density at radius 1 is 1.08 bits per heavy atom. The number of benzene rings is 1. The summed E-state index contributed by atoms with van der Waals surface area (Å²) >= 11 is 0. The van der Waals surface area contributed by atoms with Crippen LogP contribution >= 0.6 is 8.58 Å². The molecule has 1 aromatic rings. The van der Waals surface area contributed by atoms with Gasteiger partial charge in [0.15, 0.2) is 0 Å². The van der Waals surface area contributed by atoms with Crippen molar-refractivity contribution in [1.82, 2.24) is 0 Å². The highest BCUT2D eigenvalue weighted by Gasteiger charge is 2.08. The SMILES string of the molecule is CC(C)(C)CCPc1ccccc1. The summed E-state index contributed by atoms with van der Waals surface area (Å²) in [7, 11) is 0.978. The smallest absolute Gasteiger partial charge is 0.0271 e. The van der Waals surface area contributed by atoms with E-state index in [1.54, 1.807) is 0 Å². The van der Waals surface area contributed by atoms with Crippen molar-refractivity contribution in [2.45, 2.75) is 27.2 Å². The van der Waals surface area contributed by atoms with E-state index < -0.39 is 0 Å². The van der Waals surface area contributed by atoms with E-state index in [-0.39, 0.29) is 0 Å². The Morgan fingerprint density at radius 2 is 1.69 bits per heavy atom. The van der Waals surface area contributed by atoms with Gasteiger partial charge in [-0.3, -0.25) is 0 Å². The van der Waals surface area contributed by atoms with Gasteiger partial charge in [-0.2, -0.15) is 0 Å². The first-order valence-corrected chi connectivity index (χ1v) is 6.07. The Morgan fingerprint density at radius 3 is 2.23 bits per heavy atom. The molecule has 0 radical (unpaired) electrons. The molecule has 13 heavy (non-hydrogen) atoms. The van der Waals surface area contributed by atoms with Crippen molar-refractivity contribution in [2.75, 3.05) is 6.16 Å². The van der Waals surface area contributed by atoms with Crippen LogP contribution in [0.1, 0.15) is 27.2 Å². The van der Waals surface area contributed by atoms with Crippen molar-refractivity contribution < 1.29 is 0 Å². The molecule has 0 amide bonds. The van der Waals surface area contributed by atoms with Crippen LogP contribution in [-0.4, -0.2) is 6.16 Å². The van der Waals surface area contributed by atoms with Crippen LogP contribution in [0, 0.1) is 5.41 Å². The Bertz CT molecular complexity index is 233. The molecule has 0 aliphatic carbocycles. The first kappa shape index (κ1) is 10.7. The van der Waals surface area contributed by atoms with E-state index in [2.05, 4.69) is 51.1 Å². The van der Waals surface area contributed by atoms with Crippen molar-refractivity contribution in [1.29, 1.82) is 0 Å². The third-order valence-corrected chi connectivity index (χ3v) is 3.22. The van der Waals surface area contributed by atoms with Gasteiger partial charge in [-0.25, -0.2) is 0 Å². The number of hydrogen-bond donors (Lipinski definition) is 0. The third-order valence-electron chi connectivity index (χ3n) is 1.98. The fraction of sp³-hybridized carbons (Fsp3) is 0.500.